The van der Waals surface area contributed by atoms with E-state index >= 15 is 0 Å². The summed E-state index contributed by atoms with van der Waals surface area (Å²) in [5.41, 5.74) is 0. The van der Waals surface area contributed by atoms with Gasteiger partial charge in [0, 0.05) is 13.1 Å². The van der Waals surface area contributed by atoms with Gasteiger partial charge >= 0.3 is 18.9 Å². The van der Waals surface area contributed by atoms with E-state index in [1.807, 2.05) is 6.07 Å². The summed E-state index contributed by atoms with van der Waals surface area (Å²) in [5.74, 6) is 0. The maximum Gasteiger partial charge on any atom is 1.00 e. The fourth-order valence-electron chi connectivity index (χ4n) is 1.19. The van der Waals surface area contributed by atoms with Crippen LogP contribution in [-0.4, -0.2) is 26.3 Å². The van der Waals surface area contributed by atoms with Crippen LogP contribution in [0.2, 0.25) is 0 Å². The molecule has 0 N–H and O–H groups in total. The predicted octanol–water partition coefficient (Wildman–Crippen LogP) is -1.61. The van der Waals surface area contributed by atoms with Gasteiger partial charge in [0.15, 0.2) is 0 Å². The van der Waals surface area contributed by atoms with Crippen LogP contribution in [0.4, 0.5) is 5.00 Å². The van der Waals surface area contributed by atoms with Crippen molar-refractivity contribution in [2.75, 3.05) is 31.2 Å². The molecule has 0 aromatic carbocycles. The molecule has 0 saturated carbocycles. The largest absolute Gasteiger partial charge is 1.00 e. The first-order valence-electron chi connectivity index (χ1n) is 3.75. The van der Waals surface area contributed by atoms with Crippen molar-refractivity contribution in [2.45, 2.75) is 0 Å². The van der Waals surface area contributed by atoms with Crippen LogP contribution in [0.15, 0.2) is 12.1 Å². The number of nitrogens with zero attached hydrogens (tertiary/aromatic N) is 1. The molecule has 1 saturated heterocycles. The van der Waals surface area contributed by atoms with E-state index in [9.17, 15) is 0 Å². The molecule has 0 amide bonds. The van der Waals surface area contributed by atoms with Crippen molar-refractivity contribution >= 4 is 16.3 Å². The van der Waals surface area contributed by atoms with Gasteiger partial charge in [0.25, 0.3) is 0 Å². The van der Waals surface area contributed by atoms with Gasteiger partial charge in [0.1, 0.15) is 0 Å². The van der Waals surface area contributed by atoms with Crippen molar-refractivity contribution in [3.05, 3.63) is 17.5 Å². The van der Waals surface area contributed by atoms with Crippen molar-refractivity contribution in [1.29, 1.82) is 0 Å². The third-order valence-electron chi connectivity index (χ3n) is 1.78. The molecule has 0 radical (unpaired) electrons. The van der Waals surface area contributed by atoms with E-state index < -0.39 is 0 Å². The summed E-state index contributed by atoms with van der Waals surface area (Å²) in [7, 11) is 0. The summed E-state index contributed by atoms with van der Waals surface area (Å²) in [6.07, 6.45) is 0. The van der Waals surface area contributed by atoms with Gasteiger partial charge in [-0.1, -0.05) is 5.00 Å². The molecule has 12 heavy (non-hydrogen) atoms. The molecular formula is C8H10LiNOS. The number of ether oxygens (including phenoxy) is 1. The molecule has 4 heteroatoms. The first-order chi connectivity index (χ1) is 5.47. The Morgan fingerprint density at radius 1 is 1.42 bits per heavy atom. The molecule has 1 aromatic rings. The second-order valence-corrected chi connectivity index (χ2v) is 3.35. The van der Waals surface area contributed by atoms with E-state index in [1.54, 1.807) is 11.3 Å². The van der Waals surface area contributed by atoms with E-state index in [-0.39, 0.29) is 18.9 Å². The summed E-state index contributed by atoms with van der Waals surface area (Å²) in [5, 5.41) is 4.40. The zero-order chi connectivity index (χ0) is 7.52. The van der Waals surface area contributed by atoms with E-state index in [2.05, 4.69) is 16.3 Å². The van der Waals surface area contributed by atoms with Gasteiger partial charge in [0.05, 0.1) is 13.2 Å². The smallest absolute Gasteiger partial charge is 0.420 e. The second-order valence-electron chi connectivity index (χ2n) is 2.49. The van der Waals surface area contributed by atoms with Gasteiger partial charge < -0.3 is 9.64 Å². The Balaban J connectivity index is 0.000000720. The molecule has 1 aromatic heterocycles. The predicted molar refractivity (Wildman–Crippen MR) is 46.2 cm³/mol. The summed E-state index contributed by atoms with van der Waals surface area (Å²) in [4.78, 5) is 2.34. The van der Waals surface area contributed by atoms with Gasteiger partial charge in [-0.05, 0) is 0 Å². The van der Waals surface area contributed by atoms with Crippen molar-refractivity contribution in [3.8, 4) is 0 Å². The SMILES string of the molecule is [Li+].[c-]1ccc(N2CCOCC2)s1. The summed E-state index contributed by atoms with van der Waals surface area (Å²) < 4.78 is 5.25. The van der Waals surface area contributed by atoms with Crippen molar-refractivity contribution in [2.24, 2.45) is 0 Å². The van der Waals surface area contributed by atoms with Crippen LogP contribution < -0.4 is 23.8 Å². The van der Waals surface area contributed by atoms with E-state index in [1.165, 1.54) is 5.00 Å². The Hall–Kier alpha value is 0.0574. The fraction of sp³-hybridized carbons (Fsp3) is 0.500. The van der Waals surface area contributed by atoms with Crippen molar-refractivity contribution in [3.63, 3.8) is 0 Å². The van der Waals surface area contributed by atoms with Crippen molar-refractivity contribution < 1.29 is 23.6 Å². The maximum absolute atomic E-state index is 5.25. The van der Waals surface area contributed by atoms with Gasteiger partial charge in [0.2, 0.25) is 0 Å². The number of hydrogen-bond acceptors (Lipinski definition) is 3. The summed E-state index contributed by atoms with van der Waals surface area (Å²) in [6.45, 7) is 3.76. The molecule has 0 unspecified atom stereocenters. The van der Waals surface area contributed by atoms with Gasteiger partial charge in [-0.25, -0.2) is 0 Å². The quantitative estimate of drug-likeness (QED) is 0.376. The summed E-state index contributed by atoms with van der Waals surface area (Å²) in [6, 6.07) is 4.07. The Bertz CT molecular complexity index is 209. The van der Waals surface area contributed by atoms with E-state index in [0.29, 0.717) is 0 Å². The van der Waals surface area contributed by atoms with Gasteiger partial charge in [-0.15, -0.1) is 5.38 Å². The van der Waals surface area contributed by atoms with Crippen LogP contribution in [0.3, 0.4) is 0 Å². The molecular weight excluding hydrogens is 165 g/mol. The van der Waals surface area contributed by atoms with Gasteiger partial charge in [-0.3, -0.25) is 11.3 Å². The third kappa shape index (κ3) is 2.27. The van der Waals surface area contributed by atoms with Crippen LogP contribution >= 0.6 is 11.3 Å². The van der Waals surface area contributed by atoms with E-state index in [0.717, 1.165) is 26.3 Å². The molecule has 0 aliphatic carbocycles. The topological polar surface area (TPSA) is 12.5 Å². The zero-order valence-corrected chi connectivity index (χ0v) is 8.06. The van der Waals surface area contributed by atoms with Crippen LogP contribution in [0.5, 0.6) is 0 Å². The standard InChI is InChI=1S/C8H10NOS.Li/c1-2-8(11-7-1)9-3-5-10-6-4-9;/h1-2H,3-6H2;/q-1;+1. The molecule has 2 rings (SSSR count). The molecule has 1 aliphatic heterocycles. The average molecular weight is 175 g/mol. The number of thiophene rings is 1. The van der Waals surface area contributed by atoms with Crippen LogP contribution in [0.25, 0.3) is 0 Å². The number of rotatable bonds is 1. The number of anilines is 1. The minimum atomic E-state index is 0. The molecule has 1 aliphatic rings. The Labute approximate surface area is 88.7 Å². The summed E-state index contributed by atoms with van der Waals surface area (Å²) >= 11 is 1.67. The molecule has 2 nitrogen and oxygen atoms in total. The van der Waals surface area contributed by atoms with E-state index in [4.69, 9.17) is 4.74 Å². The second kappa shape index (κ2) is 4.93. The number of morpholine rings is 1. The molecule has 0 spiro atoms. The molecule has 0 bridgehead atoms. The minimum Gasteiger partial charge on any atom is -0.420 e. The van der Waals surface area contributed by atoms with Crippen molar-refractivity contribution in [1.82, 2.24) is 0 Å². The Morgan fingerprint density at radius 3 is 2.75 bits per heavy atom. The molecule has 1 fully saturated rings. The maximum atomic E-state index is 5.25. The normalized spacial score (nSPS) is 17.2. The molecule has 0 atom stereocenters. The first kappa shape index (κ1) is 10.1. The molecule has 2 heterocycles. The Morgan fingerprint density at radius 2 is 2.17 bits per heavy atom. The van der Waals surface area contributed by atoms with Crippen LogP contribution in [0.1, 0.15) is 0 Å². The molecule has 60 valence electrons. The first-order valence-corrected chi connectivity index (χ1v) is 4.57. The van der Waals surface area contributed by atoms with Crippen LogP contribution in [0, 0.1) is 5.38 Å². The van der Waals surface area contributed by atoms with Gasteiger partial charge in [-0.2, -0.15) is 12.1 Å². The number of hydrogen-bond donors (Lipinski definition) is 0. The monoisotopic (exact) mass is 175 g/mol. The zero-order valence-electron chi connectivity index (χ0n) is 7.25. The fourth-order valence-corrected chi connectivity index (χ4v) is 1.89. The minimum absolute atomic E-state index is 0. The Kier molecular flexibility index (Phi) is 4.17. The third-order valence-corrected chi connectivity index (χ3v) is 2.64. The average Bonchev–Trinajstić information content (AvgIpc) is 2.58. The van der Waals surface area contributed by atoms with Crippen LogP contribution in [-0.2, 0) is 4.74 Å².